The van der Waals surface area contributed by atoms with Crippen LogP contribution in [-0.2, 0) is 9.59 Å². The van der Waals surface area contributed by atoms with Gasteiger partial charge in [-0.1, -0.05) is 13.3 Å². The molecule has 4 N–H and O–H groups in total. The Kier molecular flexibility index (Phi) is 5.14. The van der Waals surface area contributed by atoms with E-state index in [0.717, 1.165) is 0 Å². The maximum absolute atomic E-state index is 10.6. The largest absolute Gasteiger partial charge is 0.481 e. The van der Waals surface area contributed by atoms with Crippen LogP contribution in [0.25, 0.3) is 0 Å². The fraction of sp³-hybridized carbons (Fsp3) is 0.625. The van der Waals surface area contributed by atoms with Gasteiger partial charge in [-0.25, -0.2) is 4.79 Å². The lowest BCUT2D eigenvalue weighted by molar-refractivity contribution is -0.155. The second-order valence-corrected chi connectivity index (χ2v) is 3.00. The molecule has 0 rings (SSSR count). The van der Waals surface area contributed by atoms with Crippen molar-refractivity contribution in [1.82, 2.24) is 5.32 Å². The Morgan fingerprint density at radius 3 is 1.87 bits per heavy atom. The molecule has 0 saturated heterocycles. The van der Waals surface area contributed by atoms with Crippen LogP contribution in [0.15, 0.2) is 0 Å². The third-order valence-electron chi connectivity index (χ3n) is 1.84. The van der Waals surface area contributed by atoms with E-state index < -0.39 is 30.0 Å². The first-order valence-electron chi connectivity index (χ1n) is 4.35. The predicted molar refractivity (Wildman–Crippen MR) is 48.6 cm³/mol. The number of rotatable bonds is 6. The maximum Gasteiger partial charge on any atom is 0.404 e. The van der Waals surface area contributed by atoms with Gasteiger partial charge in [0.1, 0.15) is 0 Å². The van der Waals surface area contributed by atoms with E-state index in [1.165, 1.54) is 0 Å². The summed E-state index contributed by atoms with van der Waals surface area (Å²) in [6, 6.07) is -1.11. The molecule has 0 aliphatic rings. The van der Waals surface area contributed by atoms with Crippen LogP contribution in [0.3, 0.4) is 0 Å². The minimum Gasteiger partial charge on any atom is -0.481 e. The summed E-state index contributed by atoms with van der Waals surface area (Å²) in [4.78, 5) is 31.6. The zero-order valence-electron chi connectivity index (χ0n) is 8.14. The summed E-state index contributed by atoms with van der Waals surface area (Å²) in [6.07, 6.45) is -0.779. The number of hydrogen-bond donors (Lipinski definition) is 4. The van der Waals surface area contributed by atoms with Gasteiger partial charge in [-0.05, 0) is 6.42 Å². The van der Waals surface area contributed by atoms with Crippen molar-refractivity contribution >= 4 is 18.0 Å². The van der Waals surface area contributed by atoms with Gasteiger partial charge < -0.3 is 20.6 Å². The highest BCUT2D eigenvalue weighted by Crippen LogP contribution is 2.11. The van der Waals surface area contributed by atoms with Crippen LogP contribution in [0.4, 0.5) is 4.79 Å². The summed E-state index contributed by atoms with van der Waals surface area (Å²) in [7, 11) is 0. The van der Waals surface area contributed by atoms with Gasteiger partial charge in [-0.15, -0.1) is 0 Å². The van der Waals surface area contributed by atoms with Gasteiger partial charge in [0.15, 0.2) is 5.92 Å². The van der Waals surface area contributed by atoms with Crippen LogP contribution >= 0.6 is 0 Å². The third kappa shape index (κ3) is 4.30. The number of carboxylic acid groups (broad SMARTS) is 3. The standard InChI is InChI=1S/C8H13NO6/c1-2-3-4(9-8(14)15)5(6(10)11)7(12)13/h4-5,9H,2-3H2,1H3,(H,10,11)(H,12,13)(H,14,15)/t4-/m0/s1. The SMILES string of the molecule is CCC[C@H](NC(=O)O)C(C(=O)O)C(=O)O. The molecule has 1 atom stereocenters. The average Bonchev–Trinajstić information content (AvgIpc) is 2.01. The zero-order chi connectivity index (χ0) is 12.0. The third-order valence-corrected chi connectivity index (χ3v) is 1.84. The van der Waals surface area contributed by atoms with Crippen LogP contribution in [-0.4, -0.2) is 39.4 Å². The molecule has 0 aromatic carbocycles. The molecule has 0 fully saturated rings. The fourth-order valence-electron chi connectivity index (χ4n) is 1.24. The van der Waals surface area contributed by atoms with Gasteiger partial charge >= 0.3 is 18.0 Å². The minimum absolute atomic E-state index is 0.162. The van der Waals surface area contributed by atoms with Crippen molar-refractivity contribution in [2.24, 2.45) is 5.92 Å². The molecule has 0 radical (unpaired) electrons. The van der Waals surface area contributed by atoms with Crippen LogP contribution in [0.2, 0.25) is 0 Å². The first kappa shape index (κ1) is 13.2. The fourth-order valence-corrected chi connectivity index (χ4v) is 1.24. The molecular weight excluding hydrogens is 206 g/mol. The highest BCUT2D eigenvalue weighted by Gasteiger charge is 2.35. The molecule has 7 nitrogen and oxygen atoms in total. The van der Waals surface area contributed by atoms with Crippen LogP contribution in [0, 0.1) is 5.92 Å². The van der Waals surface area contributed by atoms with Crippen molar-refractivity contribution < 1.29 is 29.7 Å². The van der Waals surface area contributed by atoms with E-state index in [1.807, 2.05) is 5.32 Å². The summed E-state index contributed by atoms with van der Waals surface area (Å²) in [5.41, 5.74) is 0. The van der Waals surface area contributed by atoms with Crippen molar-refractivity contribution in [3.63, 3.8) is 0 Å². The Labute approximate surface area is 85.7 Å². The summed E-state index contributed by atoms with van der Waals surface area (Å²) < 4.78 is 0. The lowest BCUT2D eigenvalue weighted by Gasteiger charge is -2.19. The average molecular weight is 219 g/mol. The maximum atomic E-state index is 10.6. The van der Waals surface area contributed by atoms with Crippen molar-refractivity contribution in [2.75, 3.05) is 0 Å². The van der Waals surface area contributed by atoms with Gasteiger partial charge in [0, 0.05) is 0 Å². The Bertz CT molecular complexity index is 250. The van der Waals surface area contributed by atoms with Crippen molar-refractivity contribution in [1.29, 1.82) is 0 Å². The Hall–Kier alpha value is -1.79. The number of hydrogen-bond acceptors (Lipinski definition) is 3. The predicted octanol–water partition coefficient (Wildman–Crippen LogP) is 0.208. The van der Waals surface area contributed by atoms with Gasteiger partial charge in [0.05, 0.1) is 6.04 Å². The Morgan fingerprint density at radius 2 is 1.60 bits per heavy atom. The lowest BCUT2D eigenvalue weighted by atomic mass is 9.96. The van der Waals surface area contributed by atoms with Gasteiger partial charge in [0.25, 0.3) is 0 Å². The molecule has 86 valence electrons. The molecule has 7 heteroatoms. The summed E-state index contributed by atoms with van der Waals surface area (Å²) in [5, 5.41) is 27.6. The molecular formula is C8H13NO6. The molecule has 0 aromatic heterocycles. The van der Waals surface area contributed by atoms with Crippen LogP contribution in [0.1, 0.15) is 19.8 Å². The molecule has 0 heterocycles. The van der Waals surface area contributed by atoms with E-state index in [9.17, 15) is 14.4 Å². The highest BCUT2D eigenvalue weighted by atomic mass is 16.4. The molecule has 15 heavy (non-hydrogen) atoms. The molecule has 0 aliphatic carbocycles. The number of nitrogens with one attached hydrogen (secondary N) is 1. The van der Waals surface area contributed by atoms with E-state index >= 15 is 0 Å². The van der Waals surface area contributed by atoms with E-state index in [1.54, 1.807) is 6.92 Å². The normalized spacial score (nSPS) is 12.1. The van der Waals surface area contributed by atoms with Crippen LogP contribution < -0.4 is 5.32 Å². The smallest absolute Gasteiger partial charge is 0.404 e. The van der Waals surface area contributed by atoms with Gasteiger partial charge in [-0.3, -0.25) is 9.59 Å². The lowest BCUT2D eigenvalue weighted by Crippen LogP contribution is -2.46. The minimum atomic E-state index is -1.75. The number of aliphatic carboxylic acids is 2. The molecule has 0 aliphatic heterocycles. The molecule has 0 bridgehead atoms. The quantitative estimate of drug-likeness (QED) is 0.473. The number of amides is 1. The summed E-state index contributed by atoms with van der Waals surface area (Å²) >= 11 is 0. The first-order chi connectivity index (χ1) is 6.90. The first-order valence-corrected chi connectivity index (χ1v) is 4.35. The van der Waals surface area contributed by atoms with E-state index in [-0.39, 0.29) is 6.42 Å². The summed E-state index contributed by atoms with van der Waals surface area (Å²) in [5.74, 6) is -4.84. The second kappa shape index (κ2) is 5.84. The second-order valence-electron chi connectivity index (χ2n) is 3.00. The molecule has 0 aromatic rings. The van der Waals surface area contributed by atoms with Crippen LogP contribution in [0.5, 0.6) is 0 Å². The van der Waals surface area contributed by atoms with E-state index in [0.29, 0.717) is 6.42 Å². The summed E-state index contributed by atoms with van der Waals surface area (Å²) in [6.45, 7) is 1.71. The van der Waals surface area contributed by atoms with E-state index in [2.05, 4.69) is 0 Å². The van der Waals surface area contributed by atoms with E-state index in [4.69, 9.17) is 15.3 Å². The van der Waals surface area contributed by atoms with Crippen molar-refractivity contribution in [3.8, 4) is 0 Å². The molecule has 0 unspecified atom stereocenters. The Balaban J connectivity index is 4.74. The topological polar surface area (TPSA) is 124 Å². The number of carbonyl (C=O) groups is 3. The van der Waals surface area contributed by atoms with Gasteiger partial charge in [0.2, 0.25) is 0 Å². The highest BCUT2D eigenvalue weighted by molar-refractivity contribution is 5.94. The Morgan fingerprint density at radius 1 is 1.13 bits per heavy atom. The van der Waals surface area contributed by atoms with Crippen molar-refractivity contribution in [3.05, 3.63) is 0 Å². The van der Waals surface area contributed by atoms with Gasteiger partial charge in [-0.2, -0.15) is 0 Å². The molecule has 0 saturated carbocycles. The van der Waals surface area contributed by atoms with Crippen molar-refractivity contribution in [2.45, 2.75) is 25.8 Å². The molecule has 1 amide bonds. The molecule has 0 spiro atoms. The monoisotopic (exact) mass is 219 g/mol. The number of carboxylic acids is 2. The zero-order valence-corrected chi connectivity index (χ0v) is 8.14.